The summed E-state index contributed by atoms with van der Waals surface area (Å²) < 4.78 is 10.1. The maximum atomic E-state index is 11.5. The quantitative estimate of drug-likeness (QED) is 0.442. The second kappa shape index (κ2) is 8.80. The molecule has 0 aliphatic carbocycles. The number of benzene rings is 2. The number of halogens is 1. The molecule has 2 rings (SSSR count). The molecule has 0 aliphatic heterocycles. The third-order valence-electron chi connectivity index (χ3n) is 2.89. The molecule has 2 aromatic carbocycles. The first kappa shape index (κ1) is 16.8. The highest BCUT2D eigenvalue weighted by Crippen LogP contribution is 2.11. The smallest absolute Gasteiger partial charge is 0.347 e. The zero-order valence-corrected chi connectivity index (χ0v) is 13.3. The molecule has 23 heavy (non-hydrogen) atoms. The number of carbonyl (C=O) groups excluding carboxylic acids is 1. The molecule has 0 saturated heterocycles. The largest absolute Gasteiger partial charge is 0.497 e. The van der Waals surface area contributed by atoms with Crippen LogP contribution in [0.25, 0.3) is 0 Å². The summed E-state index contributed by atoms with van der Waals surface area (Å²) in [5.74, 6) is 0.265. The number of hydrogen-bond acceptors (Lipinski definition) is 5. The van der Waals surface area contributed by atoms with E-state index < -0.39 is 5.97 Å². The number of esters is 1. The fourth-order valence-corrected chi connectivity index (χ4v) is 1.79. The molecule has 0 atom stereocenters. The van der Waals surface area contributed by atoms with Crippen LogP contribution in [0.3, 0.4) is 0 Å². The Morgan fingerprint density at radius 2 is 1.83 bits per heavy atom. The molecule has 0 aromatic heterocycles. The van der Waals surface area contributed by atoms with Crippen LogP contribution in [0.4, 0.5) is 0 Å². The summed E-state index contributed by atoms with van der Waals surface area (Å²) in [5.41, 5.74) is 1.69. The van der Waals surface area contributed by atoms with Gasteiger partial charge in [-0.1, -0.05) is 28.9 Å². The monoisotopic (exact) mass is 333 g/mol. The Balaban J connectivity index is 1.69. The highest BCUT2D eigenvalue weighted by atomic mass is 35.5. The molecule has 0 amide bonds. The minimum Gasteiger partial charge on any atom is -0.497 e. The number of carbonyl (C=O) groups is 1. The fraction of sp³-hybridized carbons (Fsp3) is 0.176. The summed E-state index contributed by atoms with van der Waals surface area (Å²) in [6, 6.07) is 14.3. The first-order valence-electron chi connectivity index (χ1n) is 6.87. The molecular formula is C17H16ClNO4. The lowest BCUT2D eigenvalue weighted by molar-refractivity contribution is -0.150. The van der Waals surface area contributed by atoms with Crippen molar-refractivity contribution in [1.82, 2.24) is 0 Å². The Bertz CT molecular complexity index is 653. The van der Waals surface area contributed by atoms with Gasteiger partial charge in [-0.05, 0) is 47.5 Å². The molecule has 0 bridgehead atoms. The van der Waals surface area contributed by atoms with E-state index in [1.807, 2.05) is 24.3 Å². The molecule has 2 aromatic rings. The first-order chi connectivity index (χ1) is 11.2. The van der Waals surface area contributed by atoms with Gasteiger partial charge >= 0.3 is 5.97 Å². The Morgan fingerprint density at radius 3 is 2.48 bits per heavy atom. The highest BCUT2D eigenvalue weighted by Gasteiger charge is 2.03. The number of ether oxygens (including phenoxy) is 2. The van der Waals surface area contributed by atoms with Crippen molar-refractivity contribution in [2.24, 2.45) is 5.16 Å². The van der Waals surface area contributed by atoms with Gasteiger partial charge < -0.3 is 14.3 Å². The van der Waals surface area contributed by atoms with E-state index in [0.29, 0.717) is 5.02 Å². The predicted octanol–water partition coefficient (Wildman–Crippen LogP) is 3.44. The molecule has 0 aliphatic rings. The van der Waals surface area contributed by atoms with Crippen LogP contribution in [0, 0.1) is 0 Å². The van der Waals surface area contributed by atoms with Crippen molar-refractivity contribution in [3.05, 3.63) is 64.7 Å². The van der Waals surface area contributed by atoms with Crippen LogP contribution >= 0.6 is 11.6 Å². The molecule has 5 nitrogen and oxygen atoms in total. The van der Waals surface area contributed by atoms with Gasteiger partial charge in [-0.2, -0.15) is 0 Å². The SMILES string of the molecule is COc1ccc(/C=N\OCC(=O)OCc2ccc(Cl)cc2)cc1. The van der Waals surface area contributed by atoms with Crippen molar-refractivity contribution >= 4 is 23.8 Å². The van der Waals surface area contributed by atoms with E-state index in [-0.39, 0.29) is 13.2 Å². The van der Waals surface area contributed by atoms with Crippen LogP contribution in [0.15, 0.2) is 53.7 Å². The normalized spacial score (nSPS) is 10.5. The Hall–Kier alpha value is -2.53. The van der Waals surface area contributed by atoms with E-state index in [2.05, 4.69) is 5.16 Å². The van der Waals surface area contributed by atoms with Crippen LogP contribution in [0.1, 0.15) is 11.1 Å². The van der Waals surface area contributed by atoms with E-state index in [1.165, 1.54) is 6.21 Å². The van der Waals surface area contributed by atoms with Gasteiger partial charge in [0.2, 0.25) is 6.61 Å². The summed E-state index contributed by atoms with van der Waals surface area (Å²) in [5, 5.41) is 4.36. The number of rotatable bonds is 7. The average Bonchev–Trinajstić information content (AvgIpc) is 2.59. The number of methoxy groups -OCH3 is 1. The molecule has 0 N–H and O–H groups in total. The van der Waals surface area contributed by atoms with Gasteiger partial charge in [0.05, 0.1) is 13.3 Å². The molecule has 0 unspecified atom stereocenters. The van der Waals surface area contributed by atoms with Gasteiger partial charge in [0, 0.05) is 5.02 Å². The lowest BCUT2D eigenvalue weighted by Gasteiger charge is -2.04. The van der Waals surface area contributed by atoms with Crippen molar-refractivity contribution in [2.45, 2.75) is 6.61 Å². The van der Waals surface area contributed by atoms with Crippen LogP contribution < -0.4 is 4.74 Å². The summed E-state index contributed by atoms with van der Waals surface area (Å²) >= 11 is 5.78. The molecule has 120 valence electrons. The van der Waals surface area contributed by atoms with E-state index in [4.69, 9.17) is 25.9 Å². The minimum atomic E-state index is -0.494. The molecule has 0 spiro atoms. The lowest BCUT2D eigenvalue weighted by Crippen LogP contribution is -2.10. The summed E-state index contributed by atoms with van der Waals surface area (Å²) in [7, 11) is 1.60. The third kappa shape index (κ3) is 6.00. The van der Waals surface area contributed by atoms with Gasteiger partial charge in [-0.3, -0.25) is 0 Å². The van der Waals surface area contributed by atoms with Gasteiger partial charge in [0.15, 0.2) is 0 Å². The fourth-order valence-electron chi connectivity index (χ4n) is 1.66. The molecule has 6 heteroatoms. The number of oxime groups is 1. The van der Waals surface area contributed by atoms with Gasteiger partial charge in [-0.25, -0.2) is 4.79 Å². The van der Waals surface area contributed by atoms with E-state index in [9.17, 15) is 4.79 Å². The van der Waals surface area contributed by atoms with Crippen LogP contribution in [-0.2, 0) is 21.0 Å². The van der Waals surface area contributed by atoms with E-state index in [0.717, 1.165) is 16.9 Å². The third-order valence-corrected chi connectivity index (χ3v) is 3.14. The summed E-state index contributed by atoms with van der Waals surface area (Å²) in [4.78, 5) is 16.4. The van der Waals surface area contributed by atoms with E-state index in [1.54, 1.807) is 31.4 Å². The van der Waals surface area contributed by atoms with Crippen LogP contribution in [0.2, 0.25) is 5.02 Å². The van der Waals surface area contributed by atoms with Gasteiger partial charge in [0.25, 0.3) is 0 Å². The molecule has 0 saturated carbocycles. The average molecular weight is 334 g/mol. The maximum Gasteiger partial charge on any atom is 0.347 e. The summed E-state index contributed by atoms with van der Waals surface area (Å²) in [6.45, 7) is -0.0815. The molecule has 0 radical (unpaired) electrons. The van der Waals surface area contributed by atoms with Crippen molar-refractivity contribution in [2.75, 3.05) is 13.7 Å². The Morgan fingerprint density at radius 1 is 1.13 bits per heavy atom. The number of nitrogens with zero attached hydrogens (tertiary/aromatic N) is 1. The van der Waals surface area contributed by atoms with Crippen molar-refractivity contribution in [1.29, 1.82) is 0 Å². The van der Waals surface area contributed by atoms with Crippen molar-refractivity contribution < 1.29 is 19.1 Å². The minimum absolute atomic E-state index is 0.168. The van der Waals surface area contributed by atoms with E-state index >= 15 is 0 Å². The molecule has 0 heterocycles. The first-order valence-corrected chi connectivity index (χ1v) is 7.24. The second-order valence-corrected chi connectivity index (χ2v) is 5.00. The van der Waals surface area contributed by atoms with Gasteiger partial charge in [-0.15, -0.1) is 0 Å². The maximum absolute atomic E-state index is 11.5. The zero-order chi connectivity index (χ0) is 16.5. The molecular weight excluding hydrogens is 318 g/mol. The predicted molar refractivity (Wildman–Crippen MR) is 87.8 cm³/mol. The highest BCUT2D eigenvalue weighted by molar-refractivity contribution is 6.30. The van der Waals surface area contributed by atoms with Crippen molar-refractivity contribution in [3.8, 4) is 5.75 Å². The topological polar surface area (TPSA) is 57.1 Å². The van der Waals surface area contributed by atoms with Crippen molar-refractivity contribution in [3.63, 3.8) is 0 Å². The zero-order valence-electron chi connectivity index (χ0n) is 12.6. The van der Waals surface area contributed by atoms with Crippen LogP contribution in [-0.4, -0.2) is 25.9 Å². The number of hydrogen-bond donors (Lipinski definition) is 0. The standard InChI is InChI=1S/C17H16ClNO4/c1-21-16-8-4-13(5-9-16)10-19-23-12-17(20)22-11-14-2-6-15(18)7-3-14/h2-10H,11-12H2,1H3/b19-10-. The summed E-state index contributed by atoms with van der Waals surface area (Å²) in [6.07, 6.45) is 1.51. The van der Waals surface area contributed by atoms with Gasteiger partial charge in [0.1, 0.15) is 12.4 Å². The van der Waals surface area contributed by atoms with Crippen LogP contribution in [0.5, 0.6) is 5.75 Å². The Kier molecular flexibility index (Phi) is 6.44. The molecule has 0 fully saturated rings. The lowest BCUT2D eigenvalue weighted by atomic mass is 10.2. The second-order valence-electron chi connectivity index (χ2n) is 4.57. The Labute approximate surface area is 139 Å².